The van der Waals surface area contributed by atoms with Gasteiger partial charge in [0.15, 0.2) is 5.96 Å². The van der Waals surface area contributed by atoms with E-state index in [2.05, 4.69) is 29.1 Å². The standard InChI is InChI=1S/C20H39N5O3.HI/c1-6-21-18(23(5)15-17-7-14-27-16-17)22-8-9-24-10-12-25(13-11-24)19(26)28-20(2,3)4;/h17H,6-16H2,1-5H3,(H,21,22);1H. The van der Waals surface area contributed by atoms with E-state index in [1.54, 1.807) is 4.90 Å². The number of carbonyl (C=O) groups is 1. The van der Waals surface area contributed by atoms with Crippen molar-refractivity contribution in [2.45, 2.75) is 39.7 Å². The van der Waals surface area contributed by atoms with Crippen LogP contribution in [0.3, 0.4) is 0 Å². The number of nitrogens with zero attached hydrogens (tertiary/aromatic N) is 4. The molecule has 2 fully saturated rings. The number of rotatable bonds is 6. The normalized spacial score (nSPS) is 20.9. The summed E-state index contributed by atoms with van der Waals surface area (Å²) in [7, 11) is 2.10. The second-order valence-electron chi connectivity index (χ2n) is 8.65. The topological polar surface area (TPSA) is 69.6 Å². The number of amides is 1. The third-order valence-electron chi connectivity index (χ3n) is 4.95. The zero-order valence-electron chi connectivity index (χ0n) is 18.8. The zero-order valence-corrected chi connectivity index (χ0v) is 21.1. The van der Waals surface area contributed by atoms with Crippen molar-refractivity contribution in [1.29, 1.82) is 0 Å². The summed E-state index contributed by atoms with van der Waals surface area (Å²) in [5, 5.41) is 3.38. The summed E-state index contributed by atoms with van der Waals surface area (Å²) < 4.78 is 10.9. The highest BCUT2D eigenvalue weighted by Crippen LogP contribution is 2.13. The predicted octanol–water partition coefficient (Wildman–Crippen LogP) is 2.09. The molecule has 2 heterocycles. The molecule has 2 aliphatic rings. The van der Waals surface area contributed by atoms with Crippen molar-refractivity contribution < 1.29 is 14.3 Å². The molecule has 0 spiro atoms. The minimum absolute atomic E-state index is 0. The fraction of sp³-hybridized carbons (Fsp3) is 0.900. The van der Waals surface area contributed by atoms with Crippen molar-refractivity contribution in [2.75, 3.05) is 72.6 Å². The molecule has 170 valence electrons. The van der Waals surface area contributed by atoms with E-state index < -0.39 is 5.60 Å². The van der Waals surface area contributed by atoms with Crippen LogP contribution in [0.25, 0.3) is 0 Å². The van der Waals surface area contributed by atoms with E-state index >= 15 is 0 Å². The molecule has 1 unspecified atom stereocenters. The molecule has 0 aromatic carbocycles. The highest BCUT2D eigenvalue weighted by Gasteiger charge is 2.25. The SMILES string of the molecule is CCNC(=NCCN1CCN(C(=O)OC(C)(C)C)CC1)N(C)CC1CCOC1.I. The Morgan fingerprint density at radius 1 is 1.28 bits per heavy atom. The number of nitrogens with one attached hydrogen (secondary N) is 1. The number of carbonyl (C=O) groups excluding carboxylic acids is 1. The van der Waals surface area contributed by atoms with Gasteiger partial charge in [0.05, 0.1) is 13.2 Å². The van der Waals surface area contributed by atoms with Gasteiger partial charge in [-0.3, -0.25) is 9.89 Å². The van der Waals surface area contributed by atoms with Crippen LogP contribution >= 0.6 is 24.0 Å². The first kappa shape index (κ1) is 26.2. The molecule has 1 atom stereocenters. The maximum absolute atomic E-state index is 12.2. The summed E-state index contributed by atoms with van der Waals surface area (Å²) in [5.41, 5.74) is -0.442. The first-order valence-electron chi connectivity index (χ1n) is 10.6. The molecule has 1 N–H and O–H groups in total. The fourth-order valence-corrected chi connectivity index (χ4v) is 3.45. The van der Waals surface area contributed by atoms with Gasteiger partial charge in [-0.15, -0.1) is 24.0 Å². The first-order chi connectivity index (χ1) is 13.3. The molecule has 1 amide bonds. The van der Waals surface area contributed by atoms with E-state index in [4.69, 9.17) is 14.5 Å². The van der Waals surface area contributed by atoms with Gasteiger partial charge in [-0.25, -0.2) is 4.79 Å². The smallest absolute Gasteiger partial charge is 0.410 e. The molecule has 0 aliphatic carbocycles. The van der Waals surface area contributed by atoms with Gasteiger partial charge in [-0.1, -0.05) is 0 Å². The molecule has 2 aliphatic heterocycles. The third-order valence-corrected chi connectivity index (χ3v) is 4.95. The van der Waals surface area contributed by atoms with Crippen LogP contribution in [-0.4, -0.2) is 105 Å². The van der Waals surface area contributed by atoms with Crippen molar-refractivity contribution in [2.24, 2.45) is 10.9 Å². The molecule has 29 heavy (non-hydrogen) atoms. The lowest BCUT2D eigenvalue weighted by atomic mass is 10.1. The largest absolute Gasteiger partial charge is 0.444 e. The molecule has 2 rings (SSSR count). The maximum Gasteiger partial charge on any atom is 0.410 e. The second kappa shape index (κ2) is 12.8. The Bertz CT molecular complexity index is 513. The summed E-state index contributed by atoms with van der Waals surface area (Å²) in [4.78, 5) is 23.3. The molecule has 2 saturated heterocycles. The minimum atomic E-state index is -0.442. The van der Waals surface area contributed by atoms with Crippen LogP contribution in [0.5, 0.6) is 0 Å². The van der Waals surface area contributed by atoms with Crippen molar-refractivity contribution in [3.05, 3.63) is 0 Å². The van der Waals surface area contributed by atoms with Crippen molar-refractivity contribution in [3.63, 3.8) is 0 Å². The number of guanidine groups is 1. The summed E-state index contributed by atoms with van der Waals surface area (Å²) in [6.07, 6.45) is 0.920. The Labute approximate surface area is 193 Å². The van der Waals surface area contributed by atoms with Gasteiger partial charge in [-0.2, -0.15) is 0 Å². The van der Waals surface area contributed by atoms with Crippen molar-refractivity contribution >= 4 is 36.0 Å². The molecular formula is C20H40IN5O3. The van der Waals surface area contributed by atoms with Crippen LogP contribution in [0.15, 0.2) is 4.99 Å². The lowest BCUT2D eigenvalue weighted by Crippen LogP contribution is -2.50. The summed E-state index contributed by atoms with van der Waals surface area (Å²) in [6.45, 7) is 16.2. The number of halogens is 1. The lowest BCUT2D eigenvalue weighted by Gasteiger charge is -2.35. The van der Waals surface area contributed by atoms with Gasteiger partial charge in [0, 0.05) is 65.4 Å². The van der Waals surface area contributed by atoms with Gasteiger partial charge >= 0.3 is 6.09 Å². The van der Waals surface area contributed by atoms with Crippen molar-refractivity contribution in [3.8, 4) is 0 Å². The molecule has 0 aromatic rings. The average molecular weight is 525 g/mol. The van der Waals surface area contributed by atoms with Crippen molar-refractivity contribution in [1.82, 2.24) is 20.0 Å². The van der Waals surface area contributed by atoms with E-state index in [1.165, 1.54) is 0 Å². The Balaban J connectivity index is 0.00000420. The van der Waals surface area contributed by atoms with Gasteiger partial charge in [0.25, 0.3) is 0 Å². The molecule has 0 radical (unpaired) electrons. The van der Waals surface area contributed by atoms with Gasteiger partial charge < -0.3 is 24.6 Å². The highest BCUT2D eigenvalue weighted by molar-refractivity contribution is 14.0. The van der Waals surface area contributed by atoms with Gasteiger partial charge in [0.1, 0.15) is 5.60 Å². The average Bonchev–Trinajstić information content (AvgIpc) is 3.13. The van der Waals surface area contributed by atoms with Crippen LogP contribution in [0.4, 0.5) is 4.79 Å². The molecule has 0 aromatic heterocycles. The molecular weight excluding hydrogens is 485 g/mol. The summed E-state index contributed by atoms with van der Waals surface area (Å²) in [6, 6.07) is 0. The Morgan fingerprint density at radius 2 is 1.97 bits per heavy atom. The van der Waals surface area contributed by atoms with E-state index in [0.717, 1.165) is 64.9 Å². The summed E-state index contributed by atoms with van der Waals surface area (Å²) in [5.74, 6) is 1.55. The van der Waals surface area contributed by atoms with E-state index in [1.807, 2.05) is 20.8 Å². The number of hydrogen-bond acceptors (Lipinski definition) is 5. The van der Waals surface area contributed by atoms with Crippen LogP contribution in [0, 0.1) is 5.92 Å². The molecule has 9 heteroatoms. The maximum atomic E-state index is 12.2. The number of ether oxygens (including phenoxy) is 2. The Morgan fingerprint density at radius 3 is 2.52 bits per heavy atom. The number of hydrogen-bond donors (Lipinski definition) is 1. The molecule has 8 nitrogen and oxygen atoms in total. The van der Waals surface area contributed by atoms with E-state index in [9.17, 15) is 4.79 Å². The van der Waals surface area contributed by atoms with E-state index in [-0.39, 0.29) is 30.1 Å². The quantitative estimate of drug-likeness (QED) is 0.326. The molecule has 0 bridgehead atoms. The monoisotopic (exact) mass is 525 g/mol. The highest BCUT2D eigenvalue weighted by atomic mass is 127. The minimum Gasteiger partial charge on any atom is -0.444 e. The Kier molecular flexibility index (Phi) is 11.6. The number of aliphatic imine (C=N–C) groups is 1. The van der Waals surface area contributed by atoms with Crippen LogP contribution in [0.2, 0.25) is 0 Å². The molecule has 0 saturated carbocycles. The first-order valence-corrected chi connectivity index (χ1v) is 10.6. The summed E-state index contributed by atoms with van der Waals surface area (Å²) >= 11 is 0. The number of piperazine rings is 1. The van der Waals surface area contributed by atoms with Gasteiger partial charge in [-0.05, 0) is 34.1 Å². The fourth-order valence-electron chi connectivity index (χ4n) is 3.45. The van der Waals surface area contributed by atoms with Crippen LogP contribution in [0.1, 0.15) is 34.1 Å². The van der Waals surface area contributed by atoms with Crippen LogP contribution < -0.4 is 5.32 Å². The Hall–Kier alpha value is -0.810. The second-order valence-corrected chi connectivity index (χ2v) is 8.65. The van der Waals surface area contributed by atoms with Crippen LogP contribution in [-0.2, 0) is 9.47 Å². The predicted molar refractivity (Wildman–Crippen MR) is 127 cm³/mol. The third kappa shape index (κ3) is 9.69. The van der Waals surface area contributed by atoms with E-state index in [0.29, 0.717) is 19.0 Å². The van der Waals surface area contributed by atoms with Gasteiger partial charge in [0.2, 0.25) is 0 Å². The zero-order chi connectivity index (χ0) is 20.6. The lowest BCUT2D eigenvalue weighted by molar-refractivity contribution is 0.0148.